The minimum absolute atomic E-state index is 0.0673. The number of para-hydroxylation sites is 2. The normalized spacial score (nSPS) is 18.2. The number of hydrogen-bond acceptors (Lipinski definition) is 4. The first-order chi connectivity index (χ1) is 16.0. The molecule has 8 heteroatoms. The number of rotatable bonds is 6. The zero-order valence-electron chi connectivity index (χ0n) is 19.2. The summed E-state index contributed by atoms with van der Waals surface area (Å²) in [5.41, 5.74) is 2.91. The second-order valence-electron chi connectivity index (χ2n) is 8.58. The molecule has 2 aromatic rings. The van der Waals surface area contributed by atoms with E-state index in [2.05, 4.69) is 22.5 Å². The van der Waals surface area contributed by atoms with Crippen molar-refractivity contribution in [1.29, 1.82) is 0 Å². The molecule has 174 valence electrons. The Labute approximate surface area is 194 Å². The third-order valence-electron chi connectivity index (χ3n) is 6.35. The van der Waals surface area contributed by atoms with Crippen molar-refractivity contribution in [3.05, 3.63) is 54.1 Å². The summed E-state index contributed by atoms with van der Waals surface area (Å²) in [4.78, 5) is 43.9. The lowest BCUT2D eigenvalue weighted by Gasteiger charge is -2.35. The minimum atomic E-state index is -0.385. The number of aryl methyl sites for hydroxylation is 1. The number of hydrogen-bond donors (Lipinski definition) is 2. The number of likely N-dealkylation sites (tertiary alicyclic amines) is 1. The fraction of sp³-hybridized carbons (Fsp3) is 0.400. The highest BCUT2D eigenvalue weighted by Gasteiger charge is 2.33. The maximum atomic E-state index is 13.0. The van der Waals surface area contributed by atoms with Gasteiger partial charge in [0.2, 0.25) is 11.8 Å². The predicted octanol–water partition coefficient (Wildman–Crippen LogP) is 2.98. The first-order valence-electron chi connectivity index (χ1n) is 11.5. The van der Waals surface area contributed by atoms with Gasteiger partial charge in [0.15, 0.2) is 0 Å². The van der Waals surface area contributed by atoms with Gasteiger partial charge in [0.25, 0.3) is 0 Å². The molecule has 1 atom stereocenters. The number of likely N-dealkylation sites (N-methyl/N-ethyl adjacent to an activating group) is 1. The molecule has 2 aromatic carbocycles. The Morgan fingerprint density at radius 3 is 2.52 bits per heavy atom. The lowest BCUT2D eigenvalue weighted by molar-refractivity contribution is -0.123. The van der Waals surface area contributed by atoms with Crippen LogP contribution >= 0.6 is 0 Å². The Balaban J connectivity index is 1.44. The van der Waals surface area contributed by atoms with E-state index in [-0.39, 0.29) is 30.9 Å². The molecule has 4 rings (SSSR count). The zero-order valence-corrected chi connectivity index (χ0v) is 19.2. The Morgan fingerprint density at radius 2 is 1.79 bits per heavy atom. The average Bonchev–Trinajstić information content (AvgIpc) is 3.28. The summed E-state index contributed by atoms with van der Waals surface area (Å²) >= 11 is 0. The second kappa shape index (κ2) is 10.0. The number of nitrogens with zero attached hydrogens (tertiary/aromatic N) is 3. The fourth-order valence-electron chi connectivity index (χ4n) is 4.52. The first-order valence-corrected chi connectivity index (χ1v) is 11.5. The van der Waals surface area contributed by atoms with E-state index >= 15 is 0 Å². The minimum Gasteiger partial charge on any atom is -0.353 e. The number of carbonyl (C=O) groups excluding carboxylic acids is 3. The largest absolute Gasteiger partial charge is 0.353 e. The van der Waals surface area contributed by atoms with Gasteiger partial charge >= 0.3 is 6.03 Å². The van der Waals surface area contributed by atoms with Gasteiger partial charge in [-0.25, -0.2) is 4.79 Å². The van der Waals surface area contributed by atoms with Crippen molar-refractivity contribution in [2.45, 2.75) is 32.7 Å². The number of urea groups is 1. The highest BCUT2D eigenvalue weighted by atomic mass is 16.2. The fourth-order valence-corrected chi connectivity index (χ4v) is 4.52. The molecule has 0 aromatic heterocycles. The van der Waals surface area contributed by atoms with E-state index in [1.807, 2.05) is 37.3 Å². The molecule has 0 spiro atoms. The van der Waals surface area contributed by atoms with E-state index < -0.39 is 0 Å². The average molecular weight is 450 g/mol. The van der Waals surface area contributed by atoms with Gasteiger partial charge in [-0.1, -0.05) is 36.8 Å². The van der Waals surface area contributed by atoms with Crippen molar-refractivity contribution in [2.24, 2.45) is 0 Å². The quantitative estimate of drug-likeness (QED) is 0.710. The molecule has 1 fully saturated rings. The third kappa shape index (κ3) is 5.17. The zero-order chi connectivity index (χ0) is 23.4. The van der Waals surface area contributed by atoms with Crippen molar-refractivity contribution in [3.63, 3.8) is 0 Å². The molecule has 33 heavy (non-hydrogen) atoms. The van der Waals surface area contributed by atoms with Crippen LogP contribution in [0.1, 0.15) is 25.3 Å². The number of carbonyl (C=O) groups is 3. The Hall–Kier alpha value is -3.39. The summed E-state index contributed by atoms with van der Waals surface area (Å²) in [6.07, 6.45) is 2.22. The smallest absolute Gasteiger partial charge is 0.326 e. The molecule has 4 amide bonds. The van der Waals surface area contributed by atoms with Gasteiger partial charge in [-0.15, -0.1) is 0 Å². The Kier molecular flexibility index (Phi) is 6.93. The maximum absolute atomic E-state index is 13.0. The summed E-state index contributed by atoms with van der Waals surface area (Å²) in [5, 5.41) is 5.84. The molecule has 2 heterocycles. The van der Waals surface area contributed by atoms with Crippen LogP contribution in [0.3, 0.4) is 0 Å². The van der Waals surface area contributed by atoms with Crippen molar-refractivity contribution in [2.75, 3.05) is 47.8 Å². The summed E-state index contributed by atoms with van der Waals surface area (Å²) < 4.78 is 0. The van der Waals surface area contributed by atoms with Gasteiger partial charge in [-0.05, 0) is 57.1 Å². The van der Waals surface area contributed by atoms with E-state index in [1.54, 1.807) is 18.2 Å². The van der Waals surface area contributed by atoms with Crippen molar-refractivity contribution in [3.8, 4) is 0 Å². The number of anilines is 3. The molecular formula is C25H31N5O3. The standard InChI is InChI=1S/C25H31N5O3/c1-3-28-14-6-7-20(28)15-26-23(31)16-29-21-8-4-5-9-22(21)30(17-24(29)32)25(33)27-19-12-10-18(2)11-13-19/h4-5,8-13,20H,3,6-7,14-17H2,1-2H3,(H,26,31)(H,27,33)/t20-/m0/s1. The molecule has 0 bridgehead atoms. The summed E-state index contributed by atoms with van der Waals surface area (Å²) in [6, 6.07) is 14.6. The molecule has 0 radical (unpaired) electrons. The highest BCUT2D eigenvalue weighted by Crippen LogP contribution is 2.33. The monoisotopic (exact) mass is 449 g/mol. The first kappa shape index (κ1) is 22.8. The van der Waals surface area contributed by atoms with Gasteiger partial charge < -0.3 is 10.6 Å². The van der Waals surface area contributed by atoms with Crippen LogP contribution in [-0.4, -0.2) is 61.5 Å². The number of benzene rings is 2. The number of amides is 4. The number of fused-ring (bicyclic) bond motifs is 1. The van der Waals surface area contributed by atoms with Crippen LogP contribution in [0.4, 0.5) is 21.9 Å². The van der Waals surface area contributed by atoms with E-state index in [9.17, 15) is 14.4 Å². The molecular weight excluding hydrogens is 418 g/mol. The molecule has 0 aliphatic carbocycles. The second-order valence-corrected chi connectivity index (χ2v) is 8.58. The highest BCUT2D eigenvalue weighted by molar-refractivity contribution is 6.15. The Morgan fingerprint density at radius 1 is 1.06 bits per heavy atom. The van der Waals surface area contributed by atoms with Crippen molar-refractivity contribution < 1.29 is 14.4 Å². The molecule has 0 unspecified atom stereocenters. The van der Waals surface area contributed by atoms with E-state index in [1.165, 1.54) is 9.80 Å². The lowest BCUT2D eigenvalue weighted by Crippen LogP contribution is -2.52. The van der Waals surface area contributed by atoms with Gasteiger partial charge in [-0.2, -0.15) is 0 Å². The number of nitrogens with one attached hydrogen (secondary N) is 2. The molecule has 1 saturated heterocycles. The molecule has 2 aliphatic rings. The Bertz CT molecular complexity index is 1020. The van der Waals surface area contributed by atoms with Crippen LogP contribution < -0.4 is 20.4 Å². The van der Waals surface area contributed by atoms with Gasteiger partial charge in [0, 0.05) is 18.3 Å². The van der Waals surface area contributed by atoms with E-state index in [0.717, 1.165) is 31.5 Å². The van der Waals surface area contributed by atoms with Crippen LogP contribution in [0, 0.1) is 6.92 Å². The summed E-state index contributed by atoms with van der Waals surface area (Å²) in [6.45, 7) is 6.53. The van der Waals surface area contributed by atoms with Crippen molar-refractivity contribution in [1.82, 2.24) is 10.2 Å². The molecule has 2 aliphatic heterocycles. The van der Waals surface area contributed by atoms with Gasteiger partial charge in [-0.3, -0.25) is 24.3 Å². The lowest BCUT2D eigenvalue weighted by atomic mass is 10.1. The van der Waals surface area contributed by atoms with Crippen LogP contribution in [-0.2, 0) is 9.59 Å². The topological polar surface area (TPSA) is 85.0 Å². The van der Waals surface area contributed by atoms with Gasteiger partial charge in [0.1, 0.15) is 13.1 Å². The maximum Gasteiger partial charge on any atom is 0.326 e. The third-order valence-corrected chi connectivity index (χ3v) is 6.35. The van der Waals surface area contributed by atoms with Crippen LogP contribution in [0.25, 0.3) is 0 Å². The predicted molar refractivity (Wildman–Crippen MR) is 130 cm³/mol. The van der Waals surface area contributed by atoms with Crippen LogP contribution in [0.5, 0.6) is 0 Å². The summed E-state index contributed by atoms with van der Waals surface area (Å²) in [5.74, 6) is -0.488. The van der Waals surface area contributed by atoms with E-state index in [4.69, 9.17) is 0 Å². The van der Waals surface area contributed by atoms with Crippen LogP contribution in [0.2, 0.25) is 0 Å². The molecule has 0 saturated carbocycles. The molecule has 8 nitrogen and oxygen atoms in total. The van der Waals surface area contributed by atoms with Crippen LogP contribution in [0.15, 0.2) is 48.5 Å². The SMILES string of the molecule is CCN1CCC[C@H]1CNC(=O)CN1C(=O)CN(C(=O)Nc2ccc(C)cc2)c2ccccc21. The summed E-state index contributed by atoms with van der Waals surface area (Å²) in [7, 11) is 0. The van der Waals surface area contributed by atoms with Crippen molar-refractivity contribution >= 4 is 34.9 Å². The molecule has 2 N–H and O–H groups in total. The van der Waals surface area contributed by atoms with E-state index in [0.29, 0.717) is 29.6 Å². The van der Waals surface area contributed by atoms with Gasteiger partial charge in [0.05, 0.1) is 11.4 Å².